The Hall–Kier alpha value is -6.53. The second-order valence-corrected chi connectivity index (χ2v) is 23.5. The van der Waals surface area contributed by atoms with Crippen molar-refractivity contribution in [3.63, 3.8) is 0 Å². The molecule has 0 saturated heterocycles. The van der Waals surface area contributed by atoms with E-state index in [9.17, 15) is 0 Å². The van der Waals surface area contributed by atoms with Crippen LogP contribution in [-0.2, 0) is 21.7 Å². The van der Waals surface area contributed by atoms with E-state index in [2.05, 4.69) is 224 Å². The fourth-order valence-electron chi connectivity index (χ4n) is 11.5. The van der Waals surface area contributed by atoms with Crippen LogP contribution in [0.4, 0.5) is 45.5 Å². The van der Waals surface area contributed by atoms with Crippen LogP contribution >= 0.6 is 0 Å². The first kappa shape index (κ1) is 39.8. The molecular formula is C58H56B2N4O2. The molecule has 0 aromatic heterocycles. The molecule has 6 heterocycles. The third-order valence-electron chi connectivity index (χ3n) is 15.2. The van der Waals surface area contributed by atoms with E-state index in [1.165, 1.54) is 78.2 Å². The normalized spacial score (nSPS) is 15.6. The molecular weight excluding hydrogens is 806 g/mol. The van der Waals surface area contributed by atoms with Gasteiger partial charge in [-0.25, -0.2) is 0 Å². The lowest BCUT2D eigenvalue weighted by Crippen LogP contribution is -2.55. The summed E-state index contributed by atoms with van der Waals surface area (Å²) in [5, 5.41) is 0. The van der Waals surface area contributed by atoms with E-state index in [-0.39, 0.29) is 35.6 Å². The number of anilines is 8. The lowest BCUT2D eigenvalue weighted by molar-refractivity contribution is 0.485. The first-order valence-electron chi connectivity index (χ1n) is 23.8. The van der Waals surface area contributed by atoms with Crippen LogP contribution in [0.25, 0.3) is 22.3 Å². The number of fused-ring (bicyclic) bond motifs is 16. The largest absolute Gasteiger partial charge is 0.456 e. The molecule has 0 aliphatic carbocycles. The van der Waals surface area contributed by atoms with E-state index >= 15 is 0 Å². The number of hydrogen-bond donors (Lipinski definition) is 0. The van der Waals surface area contributed by atoms with E-state index in [1.807, 2.05) is 0 Å². The zero-order valence-corrected chi connectivity index (χ0v) is 40.3. The first-order valence-corrected chi connectivity index (χ1v) is 23.8. The molecule has 0 unspecified atom stereocenters. The van der Waals surface area contributed by atoms with E-state index in [0.29, 0.717) is 0 Å². The van der Waals surface area contributed by atoms with Gasteiger partial charge in [-0.3, -0.25) is 0 Å². The van der Waals surface area contributed by atoms with Crippen LogP contribution in [0, 0.1) is 0 Å². The monoisotopic (exact) mass is 862 g/mol. The molecule has 0 N–H and O–H groups in total. The van der Waals surface area contributed by atoms with Gasteiger partial charge in [-0.1, -0.05) is 132 Å². The van der Waals surface area contributed by atoms with Crippen LogP contribution < -0.4 is 39.6 Å². The summed E-state index contributed by atoms with van der Waals surface area (Å²) in [7, 11) is 0. The summed E-state index contributed by atoms with van der Waals surface area (Å²) >= 11 is 0. The molecule has 0 radical (unpaired) electrons. The van der Waals surface area contributed by atoms with Crippen molar-refractivity contribution < 1.29 is 9.47 Å². The Balaban J connectivity index is 1.13. The molecule has 0 amide bonds. The number of hydrogen-bond acceptors (Lipinski definition) is 6. The minimum atomic E-state index is -0.177. The van der Waals surface area contributed by atoms with Crippen LogP contribution in [-0.4, -0.2) is 14.0 Å². The predicted molar refractivity (Wildman–Crippen MR) is 277 cm³/mol. The molecule has 0 saturated carbocycles. The van der Waals surface area contributed by atoms with Crippen molar-refractivity contribution in [2.45, 2.75) is 105 Å². The van der Waals surface area contributed by atoms with Crippen LogP contribution in [0.5, 0.6) is 23.0 Å². The smallest absolute Gasteiger partial charge is 0.425 e. The van der Waals surface area contributed by atoms with Gasteiger partial charge in [0, 0.05) is 33.4 Å². The molecule has 7 aromatic carbocycles. The van der Waals surface area contributed by atoms with Crippen molar-refractivity contribution in [2.24, 2.45) is 0 Å². The van der Waals surface area contributed by atoms with Gasteiger partial charge < -0.3 is 28.7 Å². The number of nitrogens with zero attached hydrogens (tertiary/aromatic N) is 4. The average Bonchev–Trinajstić information content (AvgIpc) is 3.65. The highest BCUT2D eigenvalue weighted by atomic mass is 16.5. The van der Waals surface area contributed by atoms with E-state index in [4.69, 9.17) is 9.47 Å². The minimum Gasteiger partial charge on any atom is -0.456 e. The van der Waals surface area contributed by atoms with Gasteiger partial charge in [-0.15, -0.1) is 0 Å². The highest BCUT2D eigenvalue weighted by Crippen LogP contribution is 2.62. The maximum Gasteiger partial charge on any atom is 0.425 e. The van der Waals surface area contributed by atoms with Gasteiger partial charge in [-0.2, -0.15) is 0 Å². The van der Waals surface area contributed by atoms with Gasteiger partial charge in [0.1, 0.15) is 23.0 Å². The van der Waals surface area contributed by atoms with Crippen molar-refractivity contribution >= 4 is 70.4 Å². The predicted octanol–water partition coefficient (Wildman–Crippen LogP) is 14.4. The van der Waals surface area contributed by atoms with Crippen LogP contribution in [0.15, 0.2) is 121 Å². The fourth-order valence-corrected chi connectivity index (χ4v) is 11.5. The van der Waals surface area contributed by atoms with Gasteiger partial charge in [0.05, 0.1) is 34.1 Å². The van der Waals surface area contributed by atoms with Gasteiger partial charge in [0.2, 0.25) is 0 Å². The Morgan fingerprint density at radius 2 is 0.621 bits per heavy atom. The van der Waals surface area contributed by atoms with Crippen LogP contribution in [0.2, 0.25) is 0 Å². The SMILES string of the molecule is CC(C)(C)c1ccc2c(c1)Oc1cccc3c1B1N2c2cc4c(cc2N1c1ccc(C(C)(C)C)cc1-3)N1B2c3c(cccc3-c3cc(C(C)(C)C)ccc3N24)Oc2cc(C(C)(C)C)ccc21. The molecule has 66 heavy (non-hydrogen) atoms. The van der Waals surface area contributed by atoms with Crippen molar-refractivity contribution in [1.29, 1.82) is 0 Å². The quantitative estimate of drug-likeness (QED) is 0.141. The van der Waals surface area contributed by atoms with Gasteiger partial charge >= 0.3 is 14.0 Å². The summed E-state index contributed by atoms with van der Waals surface area (Å²) in [4.78, 5) is 10.4. The van der Waals surface area contributed by atoms with E-state index < -0.39 is 0 Å². The summed E-state index contributed by atoms with van der Waals surface area (Å²) < 4.78 is 14.4. The Kier molecular flexibility index (Phi) is 7.64. The molecule has 0 bridgehead atoms. The van der Waals surface area contributed by atoms with Crippen LogP contribution in [0.1, 0.15) is 105 Å². The van der Waals surface area contributed by atoms with E-state index in [0.717, 1.165) is 45.7 Å². The summed E-state index contributed by atoms with van der Waals surface area (Å²) in [6.45, 7) is 27.2. The molecule has 13 rings (SSSR count). The molecule has 6 nitrogen and oxygen atoms in total. The van der Waals surface area contributed by atoms with Gasteiger partial charge in [0.25, 0.3) is 0 Å². The van der Waals surface area contributed by atoms with Gasteiger partial charge in [0.15, 0.2) is 0 Å². The third kappa shape index (κ3) is 5.33. The van der Waals surface area contributed by atoms with Crippen molar-refractivity contribution in [2.75, 3.05) is 19.2 Å². The Bertz CT molecular complexity index is 3090. The summed E-state index contributed by atoms with van der Waals surface area (Å²) in [5.41, 5.74) is 21.4. The van der Waals surface area contributed by atoms with Crippen molar-refractivity contribution in [3.05, 3.63) is 144 Å². The number of ether oxygens (including phenoxy) is 2. The highest BCUT2D eigenvalue weighted by molar-refractivity contribution is 6.89. The maximum absolute atomic E-state index is 7.19. The summed E-state index contributed by atoms with van der Waals surface area (Å²) in [5.74, 6) is 3.57. The van der Waals surface area contributed by atoms with Crippen molar-refractivity contribution in [3.8, 4) is 45.3 Å². The standard InChI is InChI=1S/C58H56B2N4O2/c1-55(2,3)33-19-23-41-39(27-33)37-15-13-17-49-53(37)59-61(41)45-31-48-46(32-47(45)63(59)43-25-21-35(57(7,8)9)29-51(43)65-49)62-42-24-20-34(56(4,5)6)28-40(42)38-16-14-18-50-54(38)60(62)64(48)44-26-22-36(58(10,11)12)30-52(44)66-50/h13-32H,1-12H3. The third-order valence-corrected chi connectivity index (χ3v) is 15.2. The first-order chi connectivity index (χ1) is 31.3. The second kappa shape index (κ2) is 12.7. The number of rotatable bonds is 0. The van der Waals surface area contributed by atoms with E-state index in [1.54, 1.807) is 0 Å². The minimum absolute atomic E-state index is 0.0254. The summed E-state index contributed by atoms with van der Waals surface area (Å²) in [6.07, 6.45) is 0. The Morgan fingerprint density at radius 1 is 0.303 bits per heavy atom. The Labute approximate surface area is 391 Å². The maximum atomic E-state index is 7.19. The molecule has 0 spiro atoms. The zero-order chi connectivity index (χ0) is 45.7. The molecule has 6 aliphatic heterocycles. The van der Waals surface area contributed by atoms with Crippen molar-refractivity contribution in [1.82, 2.24) is 0 Å². The molecule has 7 aromatic rings. The molecule has 8 heteroatoms. The zero-order valence-electron chi connectivity index (χ0n) is 40.3. The topological polar surface area (TPSA) is 31.4 Å². The number of benzene rings is 7. The molecule has 326 valence electrons. The Morgan fingerprint density at radius 3 is 0.970 bits per heavy atom. The molecule has 6 aliphatic rings. The fraction of sp³-hybridized carbons (Fsp3) is 0.276. The molecule has 0 fully saturated rings. The molecule has 0 atom stereocenters. The second-order valence-electron chi connectivity index (χ2n) is 23.5. The summed E-state index contributed by atoms with van der Waals surface area (Å²) in [6, 6.07) is 46.4. The van der Waals surface area contributed by atoms with Gasteiger partial charge in [-0.05, 0) is 128 Å². The lowest BCUT2D eigenvalue weighted by Gasteiger charge is -2.37. The van der Waals surface area contributed by atoms with Crippen LogP contribution in [0.3, 0.4) is 0 Å². The lowest BCUT2D eigenvalue weighted by atomic mass is 9.58. The highest BCUT2D eigenvalue weighted by Gasteiger charge is 2.56. The average molecular weight is 863 g/mol.